The second-order valence-corrected chi connectivity index (χ2v) is 5.14. The van der Waals surface area contributed by atoms with E-state index in [9.17, 15) is 0 Å². The summed E-state index contributed by atoms with van der Waals surface area (Å²) in [5.41, 5.74) is 6.28. The average Bonchev–Trinajstić information content (AvgIpc) is 2.40. The molecular weight excluding hydrogens is 236 g/mol. The SMILES string of the molecule is CC1CN(C)CCCN1c1ncc(N)cc1Cl. The molecule has 1 unspecified atom stereocenters. The van der Waals surface area contributed by atoms with Crippen LogP contribution in [0.1, 0.15) is 13.3 Å². The van der Waals surface area contributed by atoms with Crippen molar-refractivity contribution in [2.24, 2.45) is 0 Å². The number of likely N-dealkylation sites (N-methyl/N-ethyl adjacent to an activating group) is 1. The van der Waals surface area contributed by atoms with Crippen molar-refractivity contribution in [1.29, 1.82) is 0 Å². The van der Waals surface area contributed by atoms with Crippen molar-refractivity contribution < 1.29 is 0 Å². The first kappa shape index (κ1) is 12.5. The van der Waals surface area contributed by atoms with E-state index in [1.54, 1.807) is 12.3 Å². The standard InChI is InChI=1S/C12H19ClN4/c1-9-8-16(2)4-3-5-17(9)12-11(13)6-10(14)7-15-12/h6-7,9H,3-5,8,14H2,1-2H3. The third-order valence-corrected chi connectivity index (χ3v) is 3.44. The van der Waals surface area contributed by atoms with Gasteiger partial charge in [0.05, 0.1) is 16.9 Å². The molecule has 1 atom stereocenters. The molecule has 94 valence electrons. The van der Waals surface area contributed by atoms with Gasteiger partial charge in [-0.1, -0.05) is 11.6 Å². The summed E-state index contributed by atoms with van der Waals surface area (Å²) in [5.74, 6) is 0.851. The van der Waals surface area contributed by atoms with Crippen molar-refractivity contribution in [2.75, 3.05) is 37.3 Å². The summed E-state index contributed by atoms with van der Waals surface area (Å²) in [7, 11) is 2.15. The molecule has 0 saturated carbocycles. The minimum absolute atomic E-state index is 0.413. The maximum absolute atomic E-state index is 6.22. The van der Waals surface area contributed by atoms with Gasteiger partial charge in [-0.3, -0.25) is 0 Å². The van der Waals surface area contributed by atoms with Crippen LogP contribution in [0.5, 0.6) is 0 Å². The fraction of sp³-hybridized carbons (Fsp3) is 0.583. The van der Waals surface area contributed by atoms with E-state index < -0.39 is 0 Å². The molecule has 0 radical (unpaired) electrons. The highest BCUT2D eigenvalue weighted by Crippen LogP contribution is 2.27. The lowest BCUT2D eigenvalue weighted by Crippen LogP contribution is -2.38. The van der Waals surface area contributed by atoms with E-state index in [1.165, 1.54) is 0 Å². The highest BCUT2D eigenvalue weighted by molar-refractivity contribution is 6.33. The minimum Gasteiger partial charge on any atom is -0.397 e. The first-order valence-electron chi connectivity index (χ1n) is 5.94. The zero-order chi connectivity index (χ0) is 12.4. The van der Waals surface area contributed by atoms with Crippen LogP contribution in [-0.2, 0) is 0 Å². The molecule has 17 heavy (non-hydrogen) atoms. The number of nitrogens with two attached hydrogens (primary N) is 1. The largest absolute Gasteiger partial charge is 0.397 e. The summed E-state index contributed by atoms with van der Waals surface area (Å²) in [4.78, 5) is 8.98. The van der Waals surface area contributed by atoms with E-state index >= 15 is 0 Å². The van der Waals surface area contributed by atoms with Crippen LogP contribution < -0.4 is 10.6 Å². The third-order valence-electron chi connectivity index (χ3n) is 3.16. The fourth-order valence-corrected chi connectivity index (χ4v) is 2.63. The zero-order valence-electron chi connectivity index (χ0n) is 10.4. The van der Waals surface area contributed by atoms with Crippen molar-refractivity contribution >= 4 is 23.1 Å². The molecule has 1 aliphatic rings. The van der Waals surface area contributed by atoms with Gasteiger partial charge in [0.2, 0.25) is 0 Å². The highest BCUT2D eigenvalue weighted by atomic mass is 35.5. The number of hydrogen-bond donors (Lipinski definition) is 1. The van der Waals surface area contributed by atoms with Crippen LogP contribution in [0.15, 0.2) is 12.3 Å². The molecule has 5 heteroatoms. The quantitative estimate of drug-likeness (QED) is 0.831. The van der Waals surface area contributed by atoms with Gasteiger partial charge in [0.15, 0.2) is 0 Å². The number of hydrogen-bond acceptors (Lipinski definition) is 4. The Morgan fingerprint density at radius 2 is 2.24 bits per heavy atom. The van der Waals surface area contributed by atoms with Gasteiger partial charge in [0.1, 0.15) is 5.82 Å². The first-order chi connectivity index (χ1) is 8.08. The van der Waals surface area contributed by atoms with Crippen LogP contribution in [0.25, 0.3) is 0 Å². The summed E-state index contributed by atoms with van der Waals surface area (Å²) < 4.78 is 0. The molecule has 0 aliphatic carbocycles. The Kier molecular flexibility index (Phi) is 3.74. The third kappa shape index (κ3) is 2.82. The van der Waals surface area contributed by atoms with Gasteiger partial charge in [-0.2, -0.15) is 0 Å². The summed E-state index contributed by atoms with van der Waals surface area (Å²) in [5, 5.41) is 0.640. The molecule has 1 aromatic rings. The van der Waals surface area contributed by atoms with E-state index in [0.717, 1.165) is 31.9 Å². The van der Waals surface area contributed by atoms with Crippen LogP contribution >= 0.6 is 11.6 Å². The summed E-state index contributed by atoms with van der Waals surface area (Å²) in [6, 6.07) is 2.18. The topological polar surface area (TPSA) is 45.4 Å². The van der Waals surface area contributed by atoms with Crippen molar-refractivity contribution in [2.45, 2.75) is 19.4 Å². The van der Waals surface area contributed by atoms with Gasteiger partial charge in [-0.05, 0) is 33.0 Å². The van der Waals surface area contributed by atoms with Crippen LogP contribution in [0.4, 0.5) is 11.5 Å². The molecule has 2 N–H and O–H groups in total. The lowest BCUT2D eigenvalue weighted by atomic mass is 10.2. The Morgan fingerprint density at radius 3 is 2.94 bits per heavy atom. The predicted octanol–water partition coefficient (Wildman–Crippen LogP) is 1.85. The van der Waals surface area contributed by atoms with Gasteiger partial charge in [0.25, 0.3) is 0 Å². The lowest BCUT2D eigenvalue weighted by molar-refractivity contribution is 0.337. The minimum atomic E-state index is 0.413. The van der Waals surface area contributed by atoms with Crippen molar-refractivity contribution in [3.63, 3.8) is 0 Å². The Morgan fingerprint density at radius 1 is 1.47 bits per heavy atom. The van der Waals surface area contributed by atoms with Gasteiger partial charge in [-0.15, -0.1) is 0 Å². The number of aromatic nitrogens is 1. The average molecular weight is 255 g/mol. The van der Waals surface area contributed by atoms with E-state index in [0.29, 0.717) is 16.8 Å². The Balaban J connectivity index is 2.25. The normalized spacial score (nSPS) is 22.5. The lowest BCUT2D eigenvalue weighted by Gasteiger charge is -2.29. The highest BCUT2D eigenvalue weighted by Gasteiger charge is 2.22. The molecule has 1 aromatic heterocycles. The molecule has 1 aliphatic heterocycles. The van der Waals surface area contributed by atoms with Crippen molar-refractivity contribution in [3.8, 4) is 0 Å². The van der Waals surface area contributed by atoms with E-state index in [-0.39, 0.29) is 0 Å². The molecule has 0 bridgehead atoms. The van der Waals surface area contributed by atoms with Crippen molar-refractivity contribution in [3.05, 3.63) is 17.3 Å². The summed E-state index contributed by atoms with van der Waals surface area (Å²) >= 11 is 6.22. The Labute approximate surface area is 107 Å². The van der Waals surface area contributed by atoms with Crippen molar-refractivity contribution in [1.82, 2.24) is 9.88 Å². The monoisotopic (exact) mass is 254 g/mol. The molecular formula is C12H19ClN4. The van der Waals surface area contributed by atoms with Crippen LogP contribution in [0.3, 0.4) is 0 Å². The second kappa shape index (κ2) is 5.10. The van der Waals surface area contributed by atoms with Gasteiger partial charge >= 0.3 is 0 Å². The molecule has 0 amide bonds. The van der Waals surface area contributed by atoms with E-state index in [1.807, 2.05) is 0 Å². The Bertz CT molecular complexity index is 396. The van der Waals surface area contributed by atoms with Gasteiger partial charge in [0, 0.05) is 19.1 Å². The maximum atomic E-state index is 6.22. The molecule has 0 aromatic carbocycles. The Hall–Kier alpha value is -1.00. The summed E-state index contributed by atoms with van der Waals surface area (Å²) in [6.45, 7) is 5.34. The second-order valence-electron chi connectivity index (χ2n) is 4.73. The molecule has 2 rings (SSSR count). The van der Waals surface area contributed by atoms with E-state index in [4.69, 9.17) is 17.3 Å². The molecule has 0 spiro atoms. The van der Waals surface area contributed by atoms with Gasteiger partial charge in [-0.25, -0.2) is 4.98 Å². The number of nitrogen functional groups attached to an aromatic ring is 1. The van der Waals surface area contributed by atoms with Crippen LogP contribution in [-0.4, -0.2) is 42.6 Å². The van der Waals surface area contributed by atoms with Crippen LogP contribution in [0.2, 0.25) is 5.02 Å². The maximum Gasteiger partial charge on any atom is 0.147 e. The van der Waals surface area contributed by atoms with E-state index in [2.05, 4.69) is 28.8 Å². The molecule has 1 fully saturated rings. The molecule has 4 nitrogen and oxygen atoms in total. The predicted molar refractivity (Wildman–Crippen MR) is 72.6 cm³/mol. The first-order valence-corrected chi connectivity index (χ1v) is 6.32. The van der Waals surface area contributed by atoms with Gasteiger partial charge < -0.3 is 15.5 Å². The van der Waals surface area contributed by atoms with Crippen LogP contribution in [0, 0.1) is 0 Å². The fourth-order valence-electron chi connectivity index (χ4n) is 2.34. The number of anilines is 2. The molecule has 2 heterocycles. The molecule has 1 saturated heterocycles. The number of nitrogens with zero attached hydrogens (tertiary/aromatic N) is 3. The summed E-state index contributed by atoms with van der Waals surface area (Å²) in [6.07, 6.45) is 2.80. The zero-order valence-corrected chi connectivity index (χ0v) is 11.1. The number of rotatable bonds is 1. The number of halogens is 1. The number of pyridine rings is 1. The smallest absolute Gasteiger partial charge is 0.147 e.